The maximum atomic E-state index is 12.2. The Hall–Kier alpha value is -1.95. The van der Waals surface area contributed by atoms with E-state index in [1.165, 1.54) is 18.3 Å². The number of carbonyl (C=O) groups excluding carboxylic acids is 2. The lowest BCUT2D eigenvalue weighted by molar-refractivity contribution is 0.102. The summed E-state index contributed by atoms with van der Waals surface area (Å²) in [6.07, 6.45) is 4.93. The zero-order valence-electron chi connectivity index (χ0n) is 11.2. The van der Waals surface area contributed by atoms with Crippen LogP contribution in [0.4, 0.5) is 5.82 Å². The summed E-state index contributed by atoms with van der Waals surface area (Å²) >= 11 is 1.29. The number of ketones is 1. The molecule has 104 valence electrons. The Morgan fingerprint density at radius 1 is 1.40 bits per heavy atom. The molecule has 1 aliphatic rings. The van der Waals surface area contributed by atoms with Crippen LogP contribution in [0.3, 0.4) is 0 Å². The second-order valence-corrected chi connectivity index (χ2v) is 5.79. The van der Waals surface area contributed by atoms with E-state index in [-0.39, 0.29) is 11.7 Å². The number of amides is 1. The van der Waals surface area contributed by atoms with Crippen molar-refractivity contribution in [2.75, 3.05) is 5.32 Å². The maximum Gasteiger partial charge on any atom is 0.257 e. The normalized spacial score (nSPS) is 13.8. The molecule has 20 heavy (non-hydrogen) atoms. The summed E-state index contributed by atoms with van der Waals surface area (Å²) in [4.78, 5) is 28.4. The third-order valence-corrected chi connectivity index (χ3v) is 4.45. The highest BCUT2D eigenvalue weighted by Gasteiger charge is 2.17. The molecule has 0 aromatic carbocycles. The number of hydrogen-bond acceptors (Lipinski definition) is 4. The molecule has 0 radical (unpaired) electrons. The van der Waals surface area contributed by atoms with E-state index in [0.717, 1.165) is 37.4 Å². The van der Waals surface area contributed by atoms with Crippen molar-refractivity contribution < 1.29 is 9.59 Å². The molecule has 0 bridgehead atoms. The van der Waals surface area contributed by atoms with Crippen LogP contribution in [0.15, 0.2) is 17.6 Å². The van der Waals surface area contributed by atoms with Gasteiger partial charge in [0.05, 0.1) is 16.6 Å². The minimum atomic E-state index is -0.193. The highest BCUT2D eigenvalue weighted by atomic mass is 32.1. The molecule has 0 saturated carbocycles. The van der Waals surface area contributed by atoms with Crippen LogP contribution in [0, 0.1) is 0 Å². The third kappa shape index (κ3) is 2.38. The van der Waals surface area contributed by atoms with Crippen molar-refractivity contribution in [1.82, 2.24) is 9.55 Å². The van der Waals surface area contributed by atoms with E-state index < -0.39 is 0 Å². The molecule has 1 N–H and O–H groups in total. The van der Waals surface area contributed by atoms with Gasteiger partial charge in [-0.1, -0.05) is 0 Å². The molecule has 2 aromatic rings. The van der Waals surface area contributed by atoms with Crippen molar-refractivity contribution in [3.63, 3.8) is 0 Å². The van der Waals surface area contributed by atoms with Crippen LogP contribution in [0.1, 0.15) is 45.6 Å². The highest BCUT2D eigenvalue weighted by molar-refractivity contribution is 7.12. The number of thiophene rings is 1. The van der Waals surface area contributed by atoms with E-state index >= 15 is 0 Å². The molecule has 3 rings (SSSR count). The van der Waals surface area contributed by atoms with Gasteiger partial charge in [0.2, 0.25) is 0 Å². The number of rotatable bonds is 3. The van der Waals surface area contributed by atoms with E-state index in [4.69, 9.17) is 0 Å². The lowest BCUT2D eigenvalue weighted by atomic mass is 10.2. The summed E-state index contributed by atoms with van der Waals surface area (Å²) in [6.45, 7) is 2.40. The molecular weight excluding hydrogens is 274 g/mol. The van der Waals surface area contributed by atoms with Crippen molar-refractivity contribution >= 4 is 28.8 Å². The number of hydrogen-bond donors (Lipinski definition) is 1. The Morgan fingerprint density at radius 2 is 2.25 bits per heavy atom. The fourth-order valence-corrected chi connectivity index (χ4v) is 3.13. The molecule has 0 atom stereocenters. The molecule has 0 saturated heterocycles. The van der Waals surface area contributed by atoms with E-state index in [0.29, 0.717) is 10.4 Å². The largest absolute Gasteiger partial charge is 0.315 e. The van der Waals surface area contributed by atoms with Crippen LogP contribution < -0.4 is 5.32 Å². The van der Waals surface area contributed by atoms with Crippen molar-refractivity contribution in [2.24, 2.45) is 0 Å². The molecule has 0 unspecified atom stereocenters. The lowest BCUT2D eigenvalue weighted by Gasteiger charge is -2.16. The predicted molar refractivity (Wildman–Crippen MR) is 77.4 cm³/mol. The quantitative estimate of drug-likeness (QED) is 0.884. The molecule has 2 aromatic heterocycles. The van der Waals surface area contributed by atoms with Gasteiger partial charge in [-0.3, -0.25) is 9.59 Å². The number of anilines is 1. The standard InChI is InChI=1S/C14H15N3O2S/c1-9(18)11-6-10(8-20-11)14(19)16-13-7-15-12-4-2-3-5-17(12)13/h6-8H,2-5H2,1H3,(H,16,19). The van der Waals surface area contributed by atoms with E-state index in [1.807, 2.05) is 0 Å². The van der Waals surface area contributed by atoms with E-state index in [9.17, 15) is 9.59 Å². The molecular formula is C14H15N3O2S. The van der Waals surface area contributed by atoms with Crippen molar-refractivity contribution in [1.29, 1.82) is 0 Å². The van der Waals surface area contributed by atoms with Crippen LogP contribution in [0.25, 0.3) is 0 Å². The average molecular weight is 289 g/mol. The second kappa shape index (κ2) is 5.20. The first kappa shape index (κ1) is 13.1. The molecule has 5 nitrogen and oxygen atoms in total. The van der Waals surface area contributed by atoms with Gasteiger partial charge in [-0.15, -0.1) is 11.3 Å². The van der Waals surface area contributed by atoms with Gasteiger partial charge in [-0.25, -0.2) is 4.98 Å². The predicted octanol–water partition coefficient (Wildman–Crippen LogP) is 2.74. The summed E-state index contributed by atoms with van der Waals surface area (Å²) in [5.41, 5.74) is 0.520. The Bertz CT molecular complexity index is 672. The smallest absolute Gasteiger partial charge is 0.257 e. The van der Waals surface area contributed by atoms with Crippen LogP contribution in [-0.4, -0.2) is 21.2 Å². The summed E-state index contributed by atoms with van der Waals surface area (Å²) in [5, 5.41) is 4.58. The maximum absolute atomic E-state index is 12.2. The van der Waals surface area contributed by atoms with Gasteiger partial charge in [-0.05, 0) is 25.8 Å². The van der Waals surface area contributed by atoms with Gasteiger partial charge in [0.1, 0.15) is 11.6 Å². The fraction of sp³-hybridized carbons (Fsp3) is 0.357. The van der Waals surface area contributed by atoms with Crippen LogP contribution in [-0.2, 0) is 13.0 Å². The molecule has 3 heterocycles. The summed E-state index contributed by atoms with van der Waals surface area (Å²) in [6, 6.07) is 1.63. The van der Waals surface area contributed by atoms with Gasteiger partial charge in [0, 0.05) is 18.3 Å². The number of aryl methyl sites for hydroxylation is 1. The number of imidazole rings is 1. The number of carbonyl (C=O) groups is 2. The molecule has 0 aliphatic carbocycles. The summed E-state index contributed by atoms with van der Waals surface area (Å²) in [5.74, 6) is 1.55. The minimum absolute atomic E-state index is 0.0178. The van der Waals surface area contributed by atoms with Crippen molar-refractivity contribution in [3.8, 4) is 0 Å². The Labute approximate surface area is 120 Å². The lowest BCUT2D eigenvalue weighted by Crippen LogP contribution is -2.17. The number of aromatic nitrogens is 2. The Kier molecular flexibility index (Phi) is 3.40. The van der Waals surface area contributed by atoms with Gasteiger partial charge < -0.3 is 9.88 Å². The SMILES string of the molecule is CC(=O)c1cc(C(=O)Nc2cnc3n2CCCC3)cs1. The second-order valence-electron chi connectivity index (χ2n) is 4.88. The molecule has 1 amide bonds. The average Bonchev–Trinajstić information content (AvgIpc) is 3.06. The number of fused-ring (bicyclic) bond motifs is 1. The van der Waals surface area contributed by atoms with Gasteiger partial charge in [0.15, 0.2) is 5.78 Å². The number of Topliss-reactive ketones (excluding diaryl/α,β-unsaturated/α-hetero) is 1. The van der Waals surface area contributed by atoms with Crippen LogP contribution in [0.2, 0.25) is 0 Å². The van der Waals surface area contributed by atoms with E-state index in [1.54, 1.807) is 17.6 Å². The van der Waals surface area contributed by atoms with E-state index in [2.05, 4.69) is 14.9 Å². The number of nitrogens with zero attached hydrogens (tertiary/aromatic N) is 2. The zero-order valence-corrected chi connectivity index (χ0v) is 12.0. The fourth-order valence-electron chi connectivity index (χ4n) is 2.34. The molecule has 0 fully saturated rings. The molecule has 1 aliphatic heterocycles. The minimum Gasteiger partial charge on any atom is -0.315 e. The first-order valence-corrected chi connectivity index (χ1v) is 7.48. The molecule has 6 heteroatoms. The molecule has 0 spiro atoms. The third-order valence-electron chi connectivity index (χ3n) is 3.42. The Morgan fingerprint density at radius 3 is 3.00 bits per heavy atom. The summed E-state index contributed by atoms with van der Waals surface area (Å²) < 4.78 is 2.06. The van der Waals surface area contributed by atoms with Crippen LogP contribution in [0.5, 0.6) is 0 Å². The van der Waals surface area contributed by atoms with Gasteiger partial charge in [-0.2, -0.15) is 0 Å². The van der Waals surface area contributed by atoms with Crippen LogP contribution >= 0.6 is 11.3 Å². The topological polar surface area (TPSA) is 64.0 Å². The van der Waals surface area contributed by atoms with Gasteiger partial charge >= 0.3 is 0 Å². The zero-order chi connectivity index (χ0) is 14.1. The monoisotopic (exact) mass is 289 g/mol. The first-order chi connectivity index (χ1) is 9.65. The van der Waals surface area contributed by atoms with Crippen molar-refractivity contribution in [2.45, 2.75) is 32.7 Å². The number of nitrogens with one attached hydrogen (secondary N) is 1. The van der Waals surface area contributed by atoms with Crippen molar-refractivity contribution in [3.05, 3.63) is 33.9 Å². The summed E-state index contributed by atoms with van der Waals surface area (Å²) in [7, 11) is 0. The van der Waals surface area contributed by atoms with Gasteiger partial charge in [0.25, 0.3) is 5.91 Å². The Balaban J connectivity index is 1.78. The first-order valence-electron chi connectivity index (χ1n) is 6.60. The highest BCUT2D eigenvalue weighted by Crippen LogP contribution is 2.21.